The fraction of sp³-hybridized carbons (Fsp3) is 0.400. The van der Waals surface area contributed by atoms with Crippen LogP contribution in [0.5, 0.6) is 0 Å². The van der Waals surface area contributed by atoms with Gasteiger partial charge in [0.15, 0.2) is 14.8 Å². The van der Waals surface area contributed by atoms with Crippen LogP contribution in [0.4, 0.5) is 5.69 Å². The first kappa shape index (κ1) is 15.2. The zero-order chi connectivity index (χ0) is 14.0. The Kier molecular flexibility index (Phi) is 4.55. The van der Waals surface area contributed by atoms with Gasteiger partial charge in [-0.25, -0.2) is 8.42 Å². The first-order chi connectivity index (χ1) is 8.28. The standard InChI is InChI=1S/C10H16NO5PS/c1-8(17(12,15-2)16-3)18(13,14)10-6-4-9(11)5-7-10/h4-8H,11H2,1-3H3. The van der Waals surface area contributed by atoms with Crippen molar-refractivity contribution in [3.05, 3.63) is 24.3 Å². The highest BCUT2D eigenvalue weighted by Gasteiger charge is 2.41. The molecule has 1 unspecified atom stereocenters. The van der Waals surface area contributed by atoms with E-state index in [4.69, 9.17) is 14.8 Å². The lowest BCUT2D eigenvalue weighted by Crippen LogP contribution is -2.20. The van der Waals surface area contributed by atoms with Crippen LogP contribution in [0.25, 0.3) is 0 Å². The summed E-state index contributed by atoms with van der Waals surface area (Å²) in [6.45, 7) is 1.29. The lowest BCUT2D eigenvalue weighted by Gasteiger charge is -2.20. The first-order valence-corrected chi connectivity index (χ1v) is 8.24. The summed E-state index contributed by atoms with van der Waals surface area (Å²) < 4.78 is 46.0. The Morgan fingerprint density at radius 2 is 1.61 bits per heavy atom. The highest BCUT2D eigenvalue weighted by molar-refractivity contribution is 7.98. The molecule has 0 fully saturated rings. The second kappa shape index (κ2) is 5.40. The average molecular weight is 293 g/mol. The molecular weight excluding hydrogens is 277 g/mol. The van der Waals surface area contributed by atoms with Crippen molar-refractivity contribution in [1.82, 2.24) is 0 Å². The van der Waals surface area contributed by atoms with Crippen molar-refractivity contribution < 1.29 is 22.0 Å². The summed E-state index contributed by atoms with van der Waals surface area (Å²) in [4.78, 5) is -1.26. The summed E-state index contributed by atoms with van der Waals surface area (Å²) >= 11 is 0. The Morgan fingerprint density at radius 3 is 2.00 bits per heavy atom. The van der Waals surface area contributed by atoms with Crippen molar-refractivity contribution in [2.75, 3.05) is 20.0 Å². The molecule has 18 heavy (non-hydrogen) atoms. The number of anilines is 1. The predicted molar refractivity (Wildman–Crippen MR) is 69.1 cm³/mol. The van der Waals surface area contributed by atoms with Gasteiger partial charge < -0.3 is 14.8 Å². The number of nitrogens with two attached hydrogens (primary N) is 1. The Morgan fingerprint density at radius 1 is 1.17 bits per heavy atom. The molecule has 1 atom stereocenters. The van der Waals surface area contributed by atoms with Gasteiger partial charge in [0, 0.05) is 19.9 Å². The monoisotopic (exact) mass is 293 g/mol. The number of hydrogen-bond acceptors (Lipinski definition) is 6. The largest absolute Gasteiger partial charge is 0.399 e. The molecule has 0 saturated heterocycles. The van der Waals surface area contributed by atoms with E-state index in [0.29, 0.717) is 5.69 Å². The Labute approximate surface area is 107 Å². The summed E-state index contributed by atoms with van der Waals surface area (Å²) in [6.07, 6.45) is 0. The van der Waals surface area contributed by atoms with Crippen LogP contribution in [0.2, 0.25) is 0 Å². The highest BCUT2D eigenvalue weighted by Crippen LogP contribution is 2.54. The first-order valence-electron chi connectivity index (χ1n) is 5.08. The normalized spacial score (nSPS) is 14.4. The number of nitrogen functional groups attached to an aromatic ring is 1. The van der Waals surface area contributed by atoms with Crippen molar-refractivity contribution in [1.29, 1.82) is 0 Å². The molecule has 0 aliphatic rings. The van der Waals surface area contributed by atoms with Gasteiger partial charge in [-0.3, -0.25) is 4.57 Å². The van der Waals surface area contributed by atoms with Crippen molar-refractivity contribution in [3.63, 3.8) is 0 Å². The number of hydrogen-bond donors (Lipinski definition) is 1. The van der Waals surface area contributed by atoms with Crippen molar-refractivity contribution in [2.45, 2.75) is 16.8 Å². The van der Waals surface area contributed by atoms with E-state index in [1.807, 2.05) is 0 Å². The number of rotatable bonds is 5. The fourth-order valence-electron chi connectivity index (χ4n) is 1.40. The summed E-state index contributed by atoms with van der Waals surface area (Å²) in [7, 11) is -5.19. The molecule has 0 aliphatic carbocycles. The zero-order valence-corrected chi connectivity index (χ0v) is 12.1. The van der Waals surface area contributed by atoms with Crippen LogP contribution in [0.1, 0.15) is 6.92 Å². The second-order valence-corrected chi connectivity index (χ2v) is 8.82. The number of benzene rings is 1. The van der Waals surface area contributed by atoms with E-state index in [1.54, 1.807) is 0 Å². The molecule has 0 aromatic heterocycles. The van der Waals surface area contributed by atoms with E-state index in [9.17, 15) is 13.0 Å². The molecule has 0 bridgehead atoms. The van der Waals surface area contributed by atoms with Gasteiger partial charge in [-0.15, -0.1) is 0 Å². The molecule has 1 aromatic carbocycles. The minimum Gasteiger partial charge on any atom is -0.399 e. The summed E-state index contributed by atoms with van der Waals surface area (Å²) in [5.74, 6) is 0. The van der Waals surface area contributed by atoms with E-state index in [1.165, 1.54) is 31.2 Å². The summed E-state index contributed by atoms with van der Waals surface area (Å²) in [5.41, 5.74) is 5.93. The van der Waals surface area contributed by atoms with Crippen molar-refractivity contribution >= 4 is 23.1 Å². The predicted octanol–water partition coefficient (Wildman–Crippen LogP) is 1.87. The molecule has 0 amide bonds. The van der Waals surface area contributed by atoms with Crippen LogP contribution >= 0.6 is 7.60 Å². The molecule has 1 rings (SSSR count). The third-order valence-electron chi connectivity index (χ3n) is 2.61. The number of sulfone groups is 1. The minimum atomic E-state index is -3.81. The van der Waals surface area contributed by atoms with Gasteiger partial charge in [0.1, 0.15) is 0 Å². The third kappa shape index (κ3) is 2.75. The molecule has 6 nitrogen and oxygen atoms in total. The van der Waals surface area contributed by atoms with Gasteiger partial charge in [0.05, 0.1) is 4.90 Å². The van der Waals surface area contributed by atoms with Crippen molar-refractivity contribution in [2.24, 2.45) is 0 Å². The van der Waals surface area contributed by atoms with Crippen LogP contribution in [0.15, 0.2) is 29.2 Å². The maximum absolute atomic E-state index is 12.2. The Balaban J connectivity index is 3.22. The molecule has 0 saturated carbocycles. The van der Waals surface area contributed by atoms with Crippen LogP contribution < -0.4 is 5.73 Å². The van der Waals surface area contributed by atoms with Gasteiger partial charge in [-0.1, -0.05) is 0 Å². The molecule has 0 heterocycles. The summed E-state index contributed by atoms with van der Waals surface area (Å²) in [5, 5.41) is 0. The molecule has 0 radical (unpaired) electrons. The average Bonchev–Trinajstić information content (AvgIpc) is 2.37. The van der Waals surface area contributed by atoms with Gasteiger partial charge in [0.25, 0.3) is 0 Å². The SMILES string of the molecule is COP(=O)(OC)C(C)S(=O)(=O)c1ccc(N)cc1. The molecular formula is C10H16NO5PS. The van der Waals surface area contributed by atoms with E-state index in [-0.39, 0.29) is 4.90 Å². The quantitative estimate of drug-likeness (QED) is 0.657. The van der Waals surface area contributed by atoms with Gasteiger partial charge >= 0.3 is 7.60 Å². The smallest absolute Gasteiger partial charge is 0.348 e. The Hall–Kier alpha value is -0.880. The van der Waals surface area contributed by atoms with E-state index in [0.717, 1.165) is 14.2 Å². The second-order valence-electron chi connectivity index (χ2n) is 3.62. The summed E-state index contributed by atoms with van der Waals surface area (Å²) in [6, 6.07) is 5.64. The maximum atomic E-state index is 12.2. The van der Waals surface area contributed by atoms with Crippen LogP contribution in [0, 0.1) is 0 Å². The van der Waals surface area contributed by atoms with Crippen LogP contribution in [-0.4, -0.2) is 27.6 Å². The van der Waals surface area contributed by atoms with E-state index >= 15 is 0 Å². The fourth-order valence-corrected chi connectivity index (χ4v) is 5.29. The lowest BCUT2D eigenvalue weighted by atomic mass is 10.3. The minimum absolute atomic E-state index is 0.0264. The molecule has 0 spiro atoms. The van der Waals surface area contributed by atoms with E-state index < -0.39 is 22.4 Å². The van der Waals surface area contributed by atoms with Crippen molar-refractivity contribution in [3.8, 4) is 0 Å². The molecule has 8 heteroatoms. The highest BCUT2D eigenvalue weighted by atomic mass is 32.2. The van der Waals surface area contributed by atoms with E-state index in [2.05, 4.69) is 0 Å². The Bertz CT molecular complexity index is 546. The molecule has 2 N–H and O–H groups in total. The topological polar surface area (TPSA) is 95.7 Å². The molecule has 1 aromatic rings. The maximum Gasteiger partial charge on any atom is 0.348 e. The molecule has 102 valence electrons. The molecule has 0 aliphatic heterocycles. The zero-order valence-electron chi connectivity index (χ0n) is 10.4. The lowest BCUT2D eigenvalue weighted by molar-refractivity contribution is 0.274. The van der Waals surface area contributed by atoms with Crippen LogP contribution in [-0.2, 0) is 23.4 Å². The van der Waals surface area contributed by atoms with Crippen LogP contribution in [0.3, 0.4) is 0 Å². The third-order valence-corrected chi connectivity index (χ3v) is 7.96. The van der Waals surface area contributed by atoms with Gasteiger partial charge in [-0.2, -0.15) is 0 Å². The van der Waals surface area contributed by atoms with Gasteiger partial charge in [-0.05, 0) is 31.2 Å². The van der Waals surface area contributed by atoms with Gasteiger partial charge in [0.2, 0.25) is 0 Å².